The fourth-order valence-electron chi connectivity index (χ4n) is 7.21. The van der Waals surface area contributed by atoms with Crippen LogP contribution in [0, 0.1) is 11.2 Å². The molecule has 4 fully saturated rings. The molecule has 0 radical (unpaired) electrons. The first-order valence-corrected chi connectivity index (χ1v) is 15.6. The number of hydrogen-bond acceptors (Lipinski definition) is 10. The molecule has 43 heavy (non-hydrogen) atoms. The number of ether oxygens (including phenoxy) is 3. The number of anilines is 2. The SMILES string of the molecule is COc1nc(-c2c(C=N)c(N)cc(Cl)c2C2CC2)c(F)c2nc(OCC34CCCN3CCC4)nc(N3CCCOCC3)c12. The summed E-state index contributed by atoms with van der Waals surface area (Å²) < 4.78 is 34.9. The molecule has 2 aromatic heterocycles. The van der Waals surface area contributed by atoms with E-state index in [0.717, 1.165) is 69.8 Å². The number of benzene rings is 1. The van der Waals surface area contributed by atoms with Crippen LogP contribution in [-0.2, 0) is 4.74 Å². The predicted octanol–water partition coefficient (Wildman–Crippen LogP) is 5.18. The smallest absolute Gasteiger partial charge is 0.319 e. The molecule has 3 aromatic rings. The van der Waals surface area contributed by atoms with E-state index in [2.05, 4.69) is 14.8 Å². The number of nitrogens with zero attached hydrogens (tertiary/aromatic N) is 5. The van der Waals surface area contributed by atoms with E-state index < -0.39 is 5.82 Å². The van der Waals surface area contributed by atoms with Gasteiger partial charge in [0.25, 0.3) is 0 Å². The highest BCUT2D eigenvalue weighted by Crippen LogP contribution is 2.51. The van der Waals surface area contributed by atoms with Crippen LogP contribution in [0.25, 0.3) is 22.2 Å². The largest absolute Gasteiger partial charge is 0.480 e. The summed E-state index contributed by atoms with van der Waals surface area (Å²) in [5.41, 5.74) is 8.16. The molecule has 5 heterocycles. The van der Waals surface area contributed by atoms with Gasteiger partial charge in [-0.05, 0) is 75.6 Å². The molecule has 3 saturated heterocycles. The van der Waals surface area contributed by atoms with E-state index >= 15 is 4.39 Å². The number of nitrogen functional groups attached to an aromatic ring is 1. The van der Waals surface area contributed by atoms with Crippen LogP contribution in [0.1, 0.15) is 62.0 Å². The first-order valence-electron chi connectivity index (χ1n) is 15.2. The third-order valence-corrected chi connectivity index (χ3v) is 9.78. The van der Waals surface area contributed by atoms with E-state index in [1.165, 1.54) is 7.11 Å². The molecule has 7 rings (SSSR count). The van der Waals surface area contributed by atoms with Gasteiger partial charge in [0.2, 0.25) is 5.88 Å². The number of pyridine rings is 1. The molecular weight excluding hydrogens is 573 g/mol. The van der Waals surface area contributed by atoms with Crippen molar-refractivity contribution in [1.29, 1.82) is 5.41 Å². The maximum Gasteiger partial charge on any atom is 0.319 e. The van der Waals surface area contributed by atoms with Gasteiger partial charge in [0, 0.05) is 47.7 Å². The van der Waals surface area contributed by atoms with E-state index in [-0.39, 0.29) is 40.2 Å². The normalized spacial score (nSPS) is 20.3. The molecule has 3 aliphatic heterocycles. The lowest BCUT2D eigenvalue weighted by molar-refractivity contribution is 0.108. The number of nitrogens with one attached hydrogen (secondary N) is 1. The van der Waals surface area contributed by atoms with Crippen LogP contribution in [0.2, 0.25) is 5.02 Å². The van der Waals surface area contributed by atoms with Crippen LogP contribution in [0.15, 0.2) is 6.07 Å². The van der Waals surface area contributed by atoms with Gasteiger partial charge in [-0.3, -0.25) is 4.90 Å². The Labute approximate surface area is 255 Å². The van der Waals surface area contributed by atoms with Crippen LogP contribution >= 0.6 is 11.6 Å². The zero-order chi connectivity index (χ0) is 29.7. The molecule has 228 valence electrons. The number of fused-ring (bicyclic) bond motifs is 2. The minimum atomic E-state index is -0.649. The lowest BCUT2D eigenvalue weighted by Crippen LogP contribution is -2.43. The van der Waals surface area contributed by atoms with E-state index in [1.807, 2.05) is 0 Å². The summed E-state index contributed by atoms with van der Waals surface area (Å²) in [5.74, 6) is 0.184. The van der Waals surface area contributed by atoms with Crippen molar-refractivity contribution in [2.45, 2.75) is 56.4 Å². The van der Waals surface area contributed by atoms with Gasteiger partial charge < -0.3 is 30.3 Å². The first-order chi connectivity index (χ1) is 20.9. The molecule has 3 N–H and O–H groups in total. The Kier molecular flexibility index (Phi) is 7.51. The highest BCUT2D eigenvalue weighted by atomic mass is 35.5. The summed E-state index contributed by atoms with van der Waals surface area (Å²) in [6.07, 6.45) is 8.19. The van der Waals surface area contributed by atoms with Gasteiger partial charge in [0.1, 0.15) is 29.0 Å². The third-order valence-electron chi connectivity index (χ3n) is 9.46. The molecule has 0 bridgehead atoms. The van der Waals surface area contributed by atoms with Crippen LogP contribution in [0.3, 0.4) is 0 Å². The summed E-state index contributed by atoms with van der Waals surface area (Å²) in [6.45, 7) is 5.00. The van der Waals surface area contributed by atoms with Crippen molar-refractivity contribution in [2.75, 3.05) is 63.7 Å². The van der Waals surface area contributed by atoms with Crippen molar-refractivity contribution in [3.63, 3.8) is 0 Å². The molecule has 4 aliphatic rings. The van der Waals surface area contributed by atoms with Gasteiger partial charge >= 0.3 is 6.01 Å². The van der Waals surface area contributed by atoms with Gasteiger partial charge in [-0.15, -0.1) is 0 Å². The fraction of sp³-hybridized carbons (Fsp3) is 0.548. The number of halogens is 2. The van der Waals surface area contributed by atoms with E-state index in [0.29, 0.717) is 60.3 Å². The predicted molar refractivity (Wildman–Crippen MR) is 164 cm³/mol. The topological polar surface area (TPSA) is 123 Å². The summed E-state index contributed by atoms with van der Waals surface area (Å²) in [4.78, 5) is 18.8. The van der Waals surface area contributed by atoms with Crippen molar-refractivity contribution >= 4 is 40.2 Å². The number of methoxy groups -OCH3 is 1. The van der Waals surface area contributed by atoms with E-state index in [9.17, 15) is 0 Å². The molecule has 1 aromatic carbocycles. The number of nitrogens with two attached hydrogens (primary N) is 1. The molecule has 1 saturated carbocycles. The van der Waals surface area contributed by atoms with E-state index in [4.69, 9.17) is 46.9 Å². The third kappa shape index (κ3) is 4.95. The summed E-state index contributed by atoms with van der Waals surface area (Å²) in [6, 6.07) is 1.76. The van der Waals surface area contributed by atoms with Gasteiger partial charge in [0.15, 0.2) is 5.82 Å². The van der Waals surface area contributed by atoms with Crippen molar-refractivity contribution < 1.29 is 18.6 Å². The first kappa shape index (κ1) is 28.5. The maximum atomic E-state index is 17.0. The Balaban J connectivity index is 1.43. The quantitative estimate of drug-likeness (QED) is 0.262. The second-order valence-corrected chi connectivity index (χ2v) is 12.5. The minimum Gasteiger partial charge on any atom is -0.480 e. The fourth-order valence-corrected chi connectivity index (χ4v) is 7.58. The molecular formula is C31H37ClFN7O3. The number of aromatic nitrogens is 3. The summed E-state index contributed by atoms with van der Waals surface area (Å²) >= 11 is 6.70. The summed E-state index contributed by atoms with van der Waals surface area (Å²) in [7, 11) is 1.50. The average Bonchev–Trinajstić information content (AvgIpc) is 3.72. The molecule has 0 atom stereocenters. The number of rotatable bonds is 8. The monoisotopic (exact) mass is 609 g/mol. The van der Waals surface area contributed by atoms with Crippen LogP contribution in [0.4, 0.5) is 15.9 Å². The highest BCUT2D eigenvalue weighted by Gasteiger charge is 2.45. The second kappa shape index (κ2) is 11.3. The van der Waals surface area contributed by atoms with Crippen LogP contribution < -0.4 is 20.1 Å². The standard InChI is InChI=1S/C31H37ClFN7O3/c1-41-29-24-27(25(33)26(36-29)23-19(16-34)21(35)15-20(32)22(23)18-5-6-18)37-30(38-28(24)39-9-4-13-42-14-12-39)43-17-31-7-2-10-40(31)11-3-8-31/h15-16,18,34H,2-14,17,35H2,1H3. The van der Waals surface area contributed by atoms with Crippen molar-refractivity contribution in [2.24, 2.45) is 0 Å². The zero-order valence-corrected chi connectivity index (χ0v) is 25.2. The Morgan fingerprint density at radius 2 is 1.93 bits per heavy atom. The van der Waals surface area contributed by atoms with Gasteiger partial charge in [-0.1, -0.05) is 11.6 Å². The zero-order valence-electron chi connectivity index (χ0n) is 24.4. The Morgan fingerprint density at radius 3 is 2.65 bits per heavy atom. The molecule has 0 amide bonds. The van der Waals surface area contributed by atoms with Crippen LogP contribution in [-0.4, -0.2) is 84.7 Å². The van der Waals surface area contributed by atoms with E-state index in [1.54, 1.807) is 6.07 Å². The van der Waals surface area contributed by atoms with Gasteiger partial charge in [0.05, 0.1) is 19.3 Å². The van der Waals surface area contributed by atoms with Crippen molar-refractivity contribution in [1.82, 2.24) is 19.9 Å². The van der Waals surface area contributed by atoms with Crippen molar-refractivity contribution in [3.8, 4) is 23.1 Å². The van der Waals surface area contributed by atoms with Crippen LogP contribution in [0.5, 0.6) is 11.9 Å². The summed E-state index contributed by atoms with van der Waals surface area (Å²) in [5, 5.41) is 8.97. The Hall–Kier alpha value is -3.28. The molecule has 0 unspecified atom stereocenters. The minimum absolute atomic E-state index is 0.00473. The maximum absolute atomic E-state index is 17.0. The average molecular weight is 610 g/mol. The number of hydrogen-bond donors (Lipinski definition) is 2. The highest BCUT2D eigenvalue weighted by molar-refractivity contribution is 6.32. The second-order valence-electron chi connectivity index (χ2n) is 12.1. The Morgan fingerprint density at radius 1 is 1.14 bits per heavy atom. The van der Waals surface area contributed by atoms with Gasteiger partial charge in [-0.25, -0.2) is 9.37 Å². The molecule has 0 spiro atoms. The molecule has 10 nitrogen and oxygen atoms in total. The molecule has 1 aliphatic carbocycles. The lowest BCUT2D eigenvalue weighted by atomic mass is 9.93. The molecule has 12 heteroatoms. The van der Waals surface area contributed by atoms with Crippen molar-refractivity contribution in [3.05, 3.63) is 28.0 Å². The Bertz CT molecular complexity index is 1570. The lowest BCUT2D eigenvalue weighted by Gasteiger charge is -2.31. The van der Waals surface area contributed by atoms with Gasteiger partial charge in [-0.2, -0.15) is 9.97 Å².